The van der Waals surface area contributed by atoms with E-state index >= 15 is 0 Å². The van der Waals surface area contributed by atoms with Gasteiger partial charge in [0.05, 0.1) is 19.3 Å². The number of hydrogen-bond donors (Lipinski definition) is 4. The van der Waals surface area contributed by atoms with Crippen molar-refractivity contribution >= 4 is 25.7 Å². The van der Waals surface area contributed by atoms with Gasteiger partial charge in [0.1, 0.15) is 12.6 Å². The summed E-state index contributed by atoms with van der Waals surface area (Å²) in [5.74, 6) is -2.61. The molecule has 0 aromatic carbocycles. The summed E-state index contributed by atoms with van der Waals surface area (Å²) in [6.45, 7) is 2.42. The molecule has 2 unspecified atom stereocenters. The first kappa shape index (κ1) is 51.6. The number of carbonyl (C=O) groups excluding carboxylic acids is 2. The SMILES string of the molecule is CC/C=C\C/C=C\C/C=C\C/C=C\C=C/C(O)C/C=C\CCC(=O)OC[C@H](COP(=O)(O)OC[C@H](N)C(=O)O)OC(=O)CCCCCCC/C=C\CCCC. The zero-order chi connectivity index (χ0) is 40.8. The molecule has 0 radical (unpaired) electrons. The molecule has 5 N–H and O–H groups in total. The third-order valence-corrected chi connectivity index (χ3v) is 8.67. The minimum absolute atomic E-state index is 0.00905. The highest BCUT2D eigenvalue weighted by atomic mass is 31.2. The van der Waals surface area contributed by atoms with Crippen molar-refractivity contribution in [2.45, 2.75) is 141 Å². The maximum absolute atomic E-state index is 12.5. The van der Waals surface area contributed by atoms with Crippen molar-refractivity contribution in [3.63, 3.8) is 0 Å². The fourth-order valence-electron chi connectivity index (χ4n) is 4.57. The molecule has 55 heavy (non-hydrogen) atoms. The molecule has 0 bridgehead atoms. The van der Waals surface area contributed by atoms with E-state index in [-0.39, 0.29) is 12.8 Å². The predicted octanol–water partition coefficient (Wildman–Crippen LogP) is 8.91. The van der Waals surface area contributed by atoms with Gasteiger partial charge in [-0.2, -0.15) is 0 Å². The van der Waals surface area contributed by atoms with Crippen LogP contribution in [0.1, 0.15) is 123 Å². The zero-order valence-electron chi connectivity index (χ0n) is 33.1. The maximum atomic E-state index is 12.5. The molecule has 4 atom stereocenters. The number of hydrogen-bond acceptors (Lipinski definition) is 10. The number of allylic oxidation sites excluding steroid dienone is 12. The van der Waals surface area contributed by atoms with E-state index < -0.39 is 63.8 Å². The summed E-state index contributed by atoms with van der Waals surface area (Å²) < 4.78 is 32.4. The van der Waals surface area contributed by atoms with Crippen LogP contribution in [-0.2, 0) is 37.5 Å². The molecular formula is C42H68NO11P. The summed E-state index contributed by atoms with van der Waals surface area (Å²) >= 11 is 0. The number of aliphatic hydroxyl groups excluding tert-OH is 1. The van der Waals surface area contributed by atoms with Gasteiger partial charge in [0.15, 0.2) is 6.10 Å². The number of carboxylic acids is 1. The lowest BCUT2D eigenvalue weighted by Crippen LogP contribution is -2.34. The fourth-order valence-corrected chi connectivity index (χ4v) is 5.34. The first-order valence-electron chi connectivity index (χ1n) is 19.7. The van der Waals surface area contributed by atoms with E-state index in [0.29, 0.717) is 19.3 Å². The smallest absolute Gasteiger partial charge is 0.472 e. The number of unbranched alkanes of at least 4 members (excludes halogenated alkanes) is 7. The summed E-state index contributed by atoms with van der Waals surface area (Å²) in [6, 6.07) is -1.55. The van der Waals surface area contributed by atoms with Crippen LogP contribution in [-0.4, -0.2) is 71.1 Å². The van der Waals surface area contributed by atoms with Gasteiger partial charge >= 0.3 is 25.7 Å². The van der Waals surface area contributed by atoms with E-state index in [2.05, 4.69) is 67.0 Å². The number of rotatable bonds is 35. The fraction of sp³-hybridized carbons (Fsp3) is 0.595. The van der Waals surface area contributed by atoms with E-state index in [1.807, 2.05) is 12.2 Å². The van der Waals surface area contributed by atoms with Crippen LogP contribution in [0.25, 0.3) is 0 Å². The number of aliphatic carboxylic acids is 1. The Morgan fingerprint density at radius 2 is 1.27 bits per heavy atom. The van der Waals surface area contributed by atoms with Gasteiger partial charge in [-0.1, -0.05) is 131 Å². The van der Waals surface area contributed by atoms with Crippen LogP contribution in [0.3, 0.4) is 0 Å². The highest BCUT2D eigenvalue weighted by Gasteiger charge is 2.28. The van der Waals surface area contributed by atoms with Gasteiger partial charge in [-0.3, -0.25) is 23.4 Å². The summed E-state index contributed by atoms with van der Waals surface area (Å²) in [4.78, 5) is 45.8. The number of carboxylic acid groups (broad SMARTS) is 1. The summed E-state index contributed by atoms with van der Waals surface area (Å²) in [5.41, 5.74) is 5.30. The number of phosphoric acid groups is 1. The molecule has 312 valence electrons. The molecule has 0 spiro atoms. The normalized spacial score (nSPS) is 15.3. The van der Waals surface area contributed by atoms with Crippen LogP contribution in [0.4, 0.5) is 0 Å². The monoisotopic (exact) mass is 793 g/mol. The Kier molecular flexibility index (Phi) is 34.0. The van der Waals surface area contributed by atoms with Crippen LogP contribution in [0.5, 0.6) is 0 Å². The van der Waals surface area contributed by atoms with E-state index in [4.69, 9.17) is 24.8 Å². The minimum atomic E-state index is -4.76. The van der Waals surface area contributed by atoms with Gasteiger partial charge in [-0.25, -0.2) is 4.57 Å². The van der Waals surface area contributed by atoms with Crippen LogP contribution < -0.4 is 5.73 Å². The Morgan fingerprint density at radius 3 is 1.95 bits per heavy atom. The third-order valence-electron chi connectivity index (χ3n) is 7.72. The first-order valence-corrected chi connectivity index (χ1v) is 21.2. The second kappa shape index (κ2) is 36.3. The lowest BCUT2D eigenvalue weighted by molar-refractivity contribution is -0.161. The van der Waals surface area contributed by atoms with Crippen molar-refractivity contribution in [3.8, 4) is 0 Å². The van der Waals surface area contributed by atoms with E-state index in [1.165, 1.54) is 12.8 Å². The Bertz CT molecular complexity index is 1270. The molecule has 0 amide bonds. The Morgan fingerprint density at radius 1 is 0.673 bits per heavy atom. The molecule has 12 nitrogen and oxygen atoms in total. The molecule has 0 aromatic heterocycles. The van der Waals surface area contributed by atoms with Crippen LogP contribution in [0.2, 0.25) is 0 Å². The second-order valence-electron chi connectivity index (χ2n) is 12.9. The summed E-state index contributed by atoms with van der Waals surface area (Å²) in [5, 5.41) is 19.0. The topological polar surface area (TPSA) is 192 Å². The van der Waals surface area contributed by atoms with Crippen molar-refractivity contribution < 1.29 is 52.6 Å². The quantitative estimate of drug-likeness (QED) is 0.0157. The minimum Gasteiger partial charge on any atom is -0.480 e. The number of ether oxygens (including phenoxy) is 2. The van der Waals surface area contributed by atoms with Gasteiger partial charge in [0.25, 0.3) is 0 Å². The van der Waals surface area contributed by atoms with Gasteiger partial charge in [0, 0.05) is 12.8 Å². The third kappa shape index (κ3) is 36.0. The van der Waals surface area contributed by atoms with Crippen molar-refractivity contribution in [2.24, 2.45) is 5.73 Å². The van der Waals surface area contributed by atoms with Gasteiger partial charge < -0.3 is 30.3 Å². The van der Waals surface area contributed by atoms with E-state index in [1.54, 1.807) is 24.3 Å². The van der Waals surface area contributed by atoms with Crippen molar-refractivity contribution in [2.75, 3.05) is 19.8 Å². The highest BCUT2D eigenvalue weighted by Crippen LogP contribution is 2.43. The molecule has 0 heterocycles. The number of esters is 2. The average molecular weight is 794 g/mol. The summed E-state index contributed by atoms with van der Waals surface area (Å²) in [6.07, 6.45) is 39.8. The molecule has 0 aliphatic heterocycles. The maximum Gasteiger partial charge on any atom is 0.472 e. The molecule has 0 fully saturated rings. The molecule has 13 heteroatoms. The Balaban J connectivity index is 4.65. The van der Waals surface area contributed by atoms with Gasteiger partial charge in [0.2, 0.25) is 0 Å². The van der Waals surface area contributed by atoms with Crippen molar-refractivity contribution in [3.05, 3.63) is 85.1 Å². The van der Waals surface area contributed by atoms with Crippen LogP contribution in [0.15, 0.2) is 85.1 Å². The molecular weight excluding hydrogens is 725 g/mol. The van der Waals surface area contributed by atoms with Crippen molar-refractivity contribution in [1.29, 1.82) is 0 Å². The number of aliphatic hydroxyl groups is 1. The van der Waals surface area contributed by atoms with Crippen LogP contribution in [0, 0.1) is 0 Å². The highest BCUT2D eigenvalue weighted by molar-refractivity contribution is 7.47. The lowest BCUT2D eigenvalue weighted by atomic mass is 10.1. The van der Waals surface area contributed by atoms with E-state index in [0.717, 1.165) is 64.2 Å². The molecule has 0 saturated heterocycles. The zero-order valence-corrected chi connectivity index (χ0v) is 34.0. The van der Waals surface area contributed by atoms with Gasteiger partial charge in [-0.15, -0.1) is 0 Å². The molecule has 0 aliphatic carbocycles. The Labute approximate surface area is 329 Å². The van der Waals surface area contributed by atoms with Gasteiger partial charge in [-0.05, 0) is 64.2 Å². The average Bonchev–Trinajstić information content (AvgIpc) is 3.15. The molecule has 0 rings (SSSR count). The number of nitrogens with two attached hydrogens (primary N) is 1. The van der Waals surface area contributed by atoms with E-state index in [9.17, 15) is 28.9 Å². The molecule has 0 aromatic rings. The largest absolute Gasteiger partial charge is 0.480 e. The number of carbonyl (C=O) groups is 3. The van der Waals surface area contributed by atoms with Crippen molar-refractivity contribution in [1.82, 2.24) is 0 Å². The standard InChI is InChI=1S/C42H68NO11P/c1-3-5-7-9-11-13-15-16-18-19-21-23-26-30-37(44)31-27-25-29-32-40(45)51-34-38(35-52-55(49,50)53-36-39(43)42(47)48)54-41(46)33-28-24-22-20-17-14-12-10-8-6-4-2/h5,7,10-13,16,18,21,23,25-27,30,37-39,44H,3-4,6,8-9,14-15,17,19-20,22,24,28-29,31-36,43H2,1-2H3,(H,47,48)(H,49,50)/b7-5-,12-10-,13-11-,18-16-,23-21-,27-25-,30-26-/t37?,38-,39+/m1/s1. The molecule has 0 aliphatic rings. The second-order valence-corrected chi connectivity index (χ2v) is 14.3. The molecule has 0 saturated carbocycles. The number of phosphoric ester groups is 1. The predicted molar refractivity (Wildman–Crippen MR) is 218 cm³/mol. The summed E-state index contributed by atoms with van der Waals surface area (Å²) in [7, 11) is -4.76. The first-order chi connectivity index (χ1) is 26.5. The van der Waals surface area contributed by atoms with Crippen LogP contribution >= 0.6 is 7.82 Å². The Hall–Kier alpha value is -3.38. The lowest BCUT2D eigenvalue weighted by Gasteiger charge is -2.20.